The number of aliphatic hydroxyl groups is 1. The van der Waals surface area contributed by atoms with Gasteiger partial charge in [-0.3, -0.25) is 4.98 Å². The Morgan fingerprint density at radius 1 is 1.32 bits per heavy atom. The van der Waals surface area contributed by atoms with Gasteiger partial charge in [-0.1, -0.05) is 29.8 Å². The van der Waals surface area contributed by atoms with Crippen molar-refractivity contribution in [2.24, 2.45) is 0 Å². The molecule has 0 atom stereocenters. The maximum atomic E-state index is 13.3. The van der Waals surface area contributed by atoms with Crippen LogP contribution >= 0.6 is 0 Å². The topological polar surface area (TPSA) is 98.2 Å². The van der Waals surface area contributed by atoms with E-state index in [0.29, 0.717) is 35.2 Å². The number of hydrogen-bond donors (Lipinski definition) is 1. The van der Waals surface area contributed by atoms with E-state index in [-0.39, 0.29) is 6.61 Å². The summed E-state index contributed by atoms with van der Waals surface area (Å²) in [4.78, 5) is 4.49. The molecule has 7 nitrogen and oxygen atoms in total. The Morgan fingerprint density at radius 2 is 2.07 bits per heavy atom. The molecule has 146 valence electrons. The van der Waals surface area contributed by atoms with Crippen molar-refractivity contribution in [2.75, 3.05) is 6.61 Å². The molecule has 0 aliphatic heterocycles. The van der Waals surface area contributed by atoms with Crippen molar-refractivity contribution < 1.29 is 18.0 Å². The smallest absolute Gasteiger partial charge is 0.241 e. The maximum absolute atomic E-state index is 13.3. The van der Waals surface area contributed by atoms with Crippen LogP contribution in [-0.2, 0) is 10.0 Å². The quantitative estimate of drug-likeness (QED) is 0.680. The van der Waals surface area contributed by atoms with Crippen LogP contribution in [-0.4, -0.2) is 39.5 Å². The lowest BCUT2D eigenvalue weighted by molar-refractivity contribution is 0.350. The van der Waals surface area contributed by atoms with E-state index in [1.54, 1.807) is 12.3 Å². The third kappa shape index (κ3) is 3.01. The summed E-state index contributed by atoms with van der Waals surface area (Å²) in [7, 11) is -3.57. The van der Waals surface area contributed by atoms with Crippen molar-refractivity contribution in [3.8, 4) is 23.0 Å². The average Bonchev–Trinajstić information content (AvgIpc) is 3.39. The molecule has 0 aromatic carbocycles. The van der Waals surface area contributed by atoms with Crippen LogP contribution in [0.3, 0.4) is 0 Å². The molecule has 0 amide bonds. The molecular formula is C20H21N3O4S. The molecule has 4 rings (SSSR count). The molecule has 0 radical (unpaired) electrons. The molecular weight excluding hydrogens is 378 g/mol. The number of aromatic nitrogens is 3. The van der Waals surface area contributed by atoms with E-state index in [2.05, 4.69) is 22.0 Å². The van der Waals surface area contributed by atoms with Gasteiger partial charge in [0.2, 0.25) is 10.0 Å². The van der Waals surface area contributed by atoms with Gasteiger partial charge in [-0.05, 0) is 32.8 Å². The number of rotatable bonds is 3. The molecule has 1 saturated carbocycles. The Kier molecular flexibility index (Phi) is 4.73. The van der Waals surface area contributed by atoms with E-state index >= 15 is 0 Å². The molecule has 3 aromatic rings. The van der Waals surface area contributed by atoms with Gasteiger partial charge in [0, 0.05) is 23.5 Å². The van der Waals surface area contributed by atoms with Gasteiger partial charge in [-0.2, -0.15) is 0 Å². The lowest BCUT2D eigenvalue weighted by atomic mass is 10.1. The molecule has 1 aliphatic rings. The molecule has 0 spiro atoms. The highest BCUT2D eigenvalue weighted by Crippen LogP contribution is 2.33. The highest BCUT2D eigenvalue weighted by molar-refractivity contribution is 7.90. The summed E-state index contributed by atoms with van der Waals surface area (Å²) >= 11 is 0. The zero-order valence-electron chi connectivity index (χ0n) is 15.8. The number of aryl methyl sites for hydroxylation is 2. The number of aliphatic hydroxyl groups excluding tert-OH is 1. The van der Waals surface area contributed by atoms with E-state index in [4.69, 9.17) is 9.63 Å². The standard InChI is InChI=1S/C20H21N3O4S/c1-13-19(14(2)27-22-13)16-10-18-20(21-11-16)15(6-5-9-24)12-23(18)28(25,26)17-7-3-4-8-17/h10-12,17,24H,3-4,7-9H2,1-2H3. The fraction of sp³-hybridized carbons (Fsp3) is 0.400. The van der Waals surface area contributed by atoms with Crippen LogP contribution in [0.15, 0.2) is 23.0 Å². The first-order valence-electron chi connectivity index (χ1n) is 9.22. The summed E-state index contributed by atoms with van der Waals surface area (Å²) in [5, 5.41) is 12.6. The summed E-state index contributed by atoms with van der Waals surface area (Å²) in [5.74, 6) is 6.05. The summed E-state index contributed by atoms with van der Waals surface area (Å²) in [6, 6.07) is 1.80. The van der Waals surface area contributed by atoms with Gasteiger partial charge in [0.15, 0.2) is 0 Å². The number of fused-ring (bicyclic) bond motifs is 1. The van der Waals surface area contributed by atoms with Gasteiger partial charge < -0.3 is 9.63 Å². The molecule has 1 fully saturated rings. The third-order valence-electron chi connectivity index (χ3n) is 5.23. The number of hydrogen-bond acceptors (Lipinski definition) is 6. The molecule has 28 heavy (non-hydrogen) atoms. The lowest BCUT2D eigenvalue weighted by Gasteiger charge is -2.13. The minimum absolute atomic E-state index is 0.306. The zero-order chi connectivity index (χ0) is 19.9. The molecule has 1 aliphatic carbocycles. The van der Waals surface area contributed by atoms with Crippen LogP contribution < -0.4 is 0 Å². The Balaban J connectivity index is 1.96. The van der Waals surface area contributed by atoms with Crippen LogP contribution in [0, 0.1) is 25.7 Å². The molecule has 0 saturated heterocycles. The summed E-state index contributed by atoms with van der Waals surface area (Å²) in [5.41, 5.74) is 3.73. The minimum atomic E-state index is -3.57. The molecule has 1 N–H and O–H groups in total. The second kappa shape index (κ2) is 7.08. The minimum Gasteiger partial charge on any atom is -0.384 e. The van der Waals surface area contributed by atoms with Crippen molar-refractivity contribution in [2.45, 2.75) is 44.8 Å². The molecule has 0 bridgehead atoms. The fourth-order valence-electron chi connectivity index (χ4n) is 3.89. The van der Waals surface area contributed by atoms with Crippen LogP contribution in [0.5, 0.6) is 0 Å². The van der Waals surface area contributed by atoms with Gasteiger partial charge in [0.1, 0.15) is 17.9 Å². The van der Waals surface area contributed by atoms with Crippen molar-refractivity contribution in [3.05, 3.63) is 35.5 Å². The number of nitrogens with zero attached hydrogens (tertiary/aromatic N) is 3. The highest BCUT2D eigenvalue weighted by Gasteiger charge is 2.32. The molecule has 8 heteroatoms. The predicted molar refractivity (Wildman–Crippen MR) is 105 cm³/mol. The van der Waals surface area contributed by atoms with Crippen molar-refractivity contribution in [3.63, 3.8) is 0 Å². The highest BCUT2D eigenvalue weighted by atomic mass is 32.2. The first-order chi connectivity index (χ1) is 13.4. The van der Waals surface area contributed by atoms with Gasteiger partial charge in [-0.15, -0.1) is 0 Å². The van der Waals surface area contributed by atoms with E-state index in [0.717, 1.165) is 29.7 Å². The van der Waals surface area contributed by atoms with Crippen molar-refractivity contribution in [1.82, 2.24) is 14.1 Å². The van der Waals surface area contributed by atoms with E-state index < -0.39 is 15.3 Å². The van der Waals surface area contributed by atoms with Crippen LogP contribution in [0.4, 0.5) is 0 Å². The van der Waals surface area contributed by atoms with E-state index in [1.165, 1.54) is 10.2 Å². The SMILES string of the molecule is Cc1noc(C)c1-c1cnc2c(C#CCO)cn(S(=O)(=O)C3CCCC3)c2c1. The normalized spacial score (nSPS) is 15.1. The Labute approximate surface area is 163 Å². The first-order valence-corrected chi connectivity index (χ1v) is 10.7. The van der Waals surface area contributed by atoms with Crippen LogP contribution in [0.2, 0.25) is 0 Å². The summed E-state index contributed by atoms with van der Waals surface area (Å²) in [6.07, 6.45) is 6.36. The molecule has 0 unspecified atom stereocenters. The Bertz CT molecular complexity index is 1190. The predicted octanol–water partition coefficient (Wildman–Crippen LogP) is 2.77. The second-order valence-corrected chi connectivity index (χ2v) is 9.13. The second-order valence-electron chi connectivity index (χ2n) is 7.04. The molecule has 3 heterocycles. The number of pyridine rings is 1. The van der Waals surface area contributed by atoms with E-state index in [9.17, 15) is 8.42 Å². The van der Waals surface area contributed by atoms with Gasteiger partial charge in [0.05, 0.1) is 22.0 Å². The largest absolute Gasteiger partial charge is 0.384 e. The van der Waals surface area contributed by atoms with Gasteiger partial charge in [-0.25, -0.2) is 12.4 Å². The Morgan fingerprint density at radius 3 is 2.71 bits per heavy atom. The third-order valence-corrected chi connectivity index (χ3v) is 7.39. The first kappa shape index (κ1) is 18.7. The van der Waals surface area contributed by atoms with Crippen molar-refractivity contribution >= 4 is 21.1 Å². The maximum Gasteiger partial charge on any atom is 0.241 e. The van der Waals surface area contributed by atoms with Crippen LogP contribution in [0.25, 0.3) is 22.2 Å². The average molecular weight is 399 g/mol. The lowest BCUT2D eigenvalue weighted by Crippen LogP contribution is -2.24. The van der Waals surface area contributed by atoms with Gasteiger partial charge >= 0.3 is 0 Å². The van der Waals surface area contributed by atoms with E-state index in [1.807, 2.05) is 13.8 Å². The Hall–Kier alpha value is -2.63. The fourth-order valence-corrected chi connectivity index (χ4v) is 5.81. The summed E-state index contributed by atoms with van der Waals surface area (Å²) in [6.45, 7) is 3.34. The zero-order valence-corrected chi connectivity index (χ0v) is 16.6. The van der Waals surface area contributed by atoms with Crippen LogP contribution in [0.1, 0.15) is 42.7 Å². The summed E-state index contributed by atoms with van der Waals surface area (Å²) < 4.78 is 33.1. The van der Waals surface area contributed by atoms with Gasteiger partial charge in [0.25, 0.3) is 0 Å². The monoisotopic (exact) mass is 399 g/mol. The van der Waals surface area contributed by atoms with Crippen molar-refractivity contribution in [1.29, 1.82) is 0 Å². The molecule has 3 aromatic heterocycles.